The van der Waals surface area contributed by atoms with Gasteiger partial charge in [0.15, 0.2) is 11.5 Å². The summed E-state index contributed by atoms with van der Waals surface area (Å²) in [4.78, 5) is 18.4. The Morgan fingerprint density at radius 3 is 2.57 bits per heavy atom. The van der Waals surface area contributed by atoms with E-state index < -0.39 is 0 Å². The monoisotopic (exact) mass is 311 g/mol. The molecule has 1 amide bonds. The average Bonchev–Trinajstić information content (AvgIpc) is 2.90. The van der Waals surface area contributed by atoms with Crippen LogP contribution >= 0.6 is 0 Å². The Balaban J connectivity index is 1.58. The Hall–Kier alpha value is -2.50. The molecule has 0 aliphatic carbocycles. The molecular weight excluding hydrogens is 290 g/mol. The molecule has 3 rings (SSSR count). The Bertz CT molecular complexity index is 621. The zero-order valence-electron chi connectivity index (χ0n) is 13.1. The maximum atomic E-state index is 12.1. The number of anilines is 1. The van der Waals surface area contributed by atoms with Gasteiger partial charge in [0.2, 0.25) is 0 Å². The highest BCUT2D eigenvalue weighted by Crippen LogP contribution is 2.16. The lowest BCUT2D eigenvalue weighted by atomic mass is 10.2. The minimum absolute atomic E-state index is 0.219. The largest absolute Gasteiger partial charge is 0.355 e. The quantitative estimate of drug-likeness (QED) is 0.937. The van der Waals surface area contributed by atoms with E-state index in [1.165, 1.54) is 25.7 Å². The van der Waals surface area contributed by atoms with Gasteiger partial charge in [-0.1, -0.05) is 18.9 Å². The lowest BCUT2D eigenvalue weighted by Gasteiger charge is -2.20. The highest BCUT2D eigenvalue weighted by molar-refractivity contribution is 5.92. The maximum Gasteiger partial charge on any atom is 0.272 e. The van der Waals surface area contributed by atoms with Crippen LogP contribution in [0.1, 0.15) is 41.7 Å². The van der Waals surface area contributed by atoms with Crippen molar-refractivity contribution < 1.29 is 4.79 Å². The second-order valence-electron chi connectivity index (χ2n) is 5.72. The summed E-state index contributed by atoms with van der Waals surface area (Å²) in [7, 11) is 0. The van der Waals surface area contributed by atoms with Gasteiger partial charge in [-0.15, -0.1) is 10.2 Å². The maximum absolute atomic E-state index is 12.1. The Morgan fingerprint density at radius 1 is 1.09 bits per heavy atom. The highest BCUT2D eigenvalue weighted by Gasteiger charge is 2.13. The van der Waals surface area contributed by atoms with Crippen molar-refractivity contribution in [2.75, 3.05) is 18.0 Å². The van der Waals surface area contributed by atoms with Gasteiger partial charge in [-0.2, -0.15) is 0 Å². The summed E-state index contributed by atoms with van der Waals surface area (Å²) >= 11 is 0. The van der Waals surface area contributed by atoms with E-state index in [-0.39, 0.29) is 5.91 Å². The van der Waals surface area contributed by atoms with E-state index in [4.69, 9.17) is 0 Å². The zero-order valence-corrected chi connectivity index (χ0v) is 13.1. The third-order valence-electron chi connectivity index (χ3n) is 3.99. The van der Waals surface area contributed by atoms with Crippen molar-refractivity contribution in [3.63, 3.8) is 0 Å². The van der Waals surface area contributed by atoms with Gasteiger partial charge in [-0.3, -0.25) is 9.78 Å². The number of carbonyl (C=O) groups excluding carboxylic acids is 1. The average molecular weight is 311 g/mol. The zero-order chi connectivity index (χ0) is 15.9. The lowest BCUT2D eigenvalue weighted by molar-refractivity contribution is 0.0945. The SMILES string of the molecule is O=C(NCc1cccnc1)c1ccc(N2CCCCCC2)nn1. The number of pyridine rings is 1. The molecule has 1 fully saturated rings. The van der Waals surface area contributed by atoms with Crippen LogP contribution in [0.2, 0.25) is 0 Å². The van der Waals surface area contributed by atoms with E-state index >= 15 is 0 Å². The van der Waals surface area contributed by atoms with E-state index in [1.807, 2.05) is 18.2 Å². The summed E-state index contributed by atoms with van der Waals surface area (Å²) in [6.45, 7) is 2.46. The molecule has 1 saturated heterocycles. The second-order valence-corrected chi connectivity index (χ2v) is 5.72. The van der Waals surface area contributed by atoms with Crippen molar-refractivity contribution in [1.82, 2.24) is 20.5 Å². The van der Waals surface area contributed by atoms with Gasteiger partial charge < -0.3 is 10.2 Å². The first-order chi connectivity index (χ1) is 11.3. The van der Waals surface area contributed by atoms with Crippen molar-refractivity contribution >= 4 is 11.7 Å². The molecule has 0 aromatic carbocycles. The van der Waals surface area contributed by atoms with Crippen LogP contribution in [0.15, 0.2) is 36.7 Å². The molecule has 6 heteroatoms. The fourth-order valence-electron chi connectivity index (χ4n) is 2.69. The molecule has 0 saturated carbocycles. The van der Waals surface area contributed by atoms with Gasteiger partial charge in [0, 0.05) is 32.0 Å². The normalized spacial score (nSPS) is 15.0. The van der Waals surface area contributed by atoms with Crippen LogP contribution in [0.4, 0.5) is 5.82 Å². The van der Waals surface area contributed by atoms with E-state index in [2.05, 4.69) is 25.4 Å². The third-order valence-corrected chi connectivity index (χ3v) is 3.99. The molecule has 0 radical (unpaired) electrons. The standard InChI is InChI=1S/C17H21N5O/c23-17(19-13-14-6-5-9-18-12-14)15-7-8-16(21-20-15)22-10-3-1-2-4-11-22/h5-9,12H,1-4,10-11,13H2,(H,19,23). The van der Waals surface area contributed by atoms with Gasteiger partial charge in [-0.05, 0) is 36.6 Å². The molecule has 1 aliphatic rings. The van der Waals surface area contributed by atoms with Gasteiger partial charge in [-0.25, -0.2) is 0 Å². The van der Waals surface area contributed by atoms with Crippen LogP contribution < -0.4 is 10.2 Å². The summed E-state index contributed by atoms with van der Waals surface area (Å²) in [6, 6.07) is 7.39. The first kappa shape index (κ1) is 15.4. The minimum atomic E-state index is -0.219. The second kappa shape index (κ2) is 7.67. The molecule has 2 aromatic heterocycles. The predicted molar refractivity (Wildman–Crippen MR) is 88.1 cm³/mol. The van der Waals surface area contributed by atoms with Crippen molar-refractivity contribution in [2.24, 2.45) is 0 Å². The lowest BCUT2D eigenvalue weighted by Crippen LogP contribution is -2.27. The first-order valence-corrected chi connectivity index (χ1v) is 8.09. The first-order valence-electron chi connectivity index (χ1n) is 8.09. The molecule has 23 heavy (non-hydrogen) atoms. The number of nitrogens with one attached hydrogen (secondary N) is 1. The molecule has 120 valence electrons. The minimum Gasteiger partial charge on any atom is -0.355 e. The summed E-state index contributed by atoms with van der Waals surface area (Å²) < 4.78 is 0. The Morgan fingerprint density at radius 2 is 1.91 bits per heavy atom. The summed E-state index contributed by atoms with van der Waals surface area (Å²) in [6.07, 6.45) is 8.37. The number of carbonyl (C=O) groups is 1. The van der Waals surface area contributed by atoms with Gasteiger partial charge in [0.25, 0.3) is 5.91 Å². The van der Waals surface area contributed by atoms with Crippen LogP contribution in [0.25, 0.3) is 0 Å². The fraction of sp³-hybridized carbons (Fsp3) is 0.412. The molecule has 0 spiro atoms. The van der Waals surface area contributed by atoms with E-state index in [9.17, 15) is 4.79 Å². The third kappa shape index (κ3) is 4.25. The van der Waals surface area contributed by atoms with Crippen molar-refractivity contribution in [2.45, 2.75) is 32.2 Å². The van der Waals surface area contributed by atoms with E-state index in [1.54, 1.807) is 18.5 Å². The number of nitrogens with zero attached hydrogens (tertiary/aromatic N) is 4. The summed E-state index contributed by atoms with van der Waals surface area (Å²) in [5.74, 6) is 0.638. The van der Waals surface area contributed by atoms with E-state index in [0.29, 0.717) is 12.2 Å². The molecule has 6 nitrogen and oxygen atoms in total. The Kier molecular flexibility index (Phi) is 5.13. The summed E-state index contributed by atoms with van der Waals surface area (Å²) in [5, 5.41) is 11.1. The number of amides is 1. The molecule has 3 heterocycles. The molecule has 0 unspecified atom stereocenters. The summed E-state index contributed by atoms with van der Waals surface area (Å²) in [5.41, 5.74) is 1.29. The molecular formula is C17H21N5O. The van der Waals surface area contributed by atoms with Crippen molar-refractivity contribution in [1.29, 1.82) is 0 Å². The van der Waals surface area contributed by atoms with Crippen LogP contribution in [0, 0.1) is 0 Å². The topological polar surface area (TPSA) is 71.0 Å². The van der Waals surface area contributed by atoms with Gasteiger partial charge in [0.05, 0.1) is 0 Å². The van der Waals surface area contributed by atoms with Crippen molar-refractivity contribution in [3.8, 4) is 0 Å². The number of hydrogen-bond acceptors (Lipinski definition) is 5. The van der Waals surface area contributed by atoms with Crippen molar-refractivity contribution in [3.05, 3.63) is 47.9 Å². The molecule has 0 bridgehead atoms. The van der Waals surface area contributed by atoms with Crippen LogP contribution in [0.3, 0.4) is 0 Å². The van der Waals surface area contributed by atoms with Crippen LogP contribution in [-0.4, -0.2) is 34.2 Å². The van der Waals surface area contributed by atoms with Crippen LogP contribution in [-0.2, 0) is 6.54 Å². The predicted octanol–water partition coefficient (Wildman–Crippen LogP) is 2.18. The van der Waals surface area contributed by atoms with E-state index in [0.717, 1.165) is 24.5 Å². The smallest absolute Gasteiger partial charge is 0.272 e. The molecule has 2 aromatic rings. The highest BCUT2D eigenvalue weighted by atomic mass is 16.1. The van der Waals surface area contributed by atoms with Gasteiger partial charge >= 0.3 is 0 Å². The molecule has 1 aliphatic heterocycles. The molecule has 0 atom stereocenters. The Labute approximate surface area is 136 Å². The number of hydrogen-bond donors (Lipinski definition) is 1. The van der Waals surface area contributed by atoms with Crippen LogP contribution in [0.5, 0.6) is 0 Å². The number of aromatic nitrogens is 3. The molecule has 1 N–H and O–H groups in total. The number of rotatable bonds is 4. The van der Waals surface area contributed by atoms with Gasteiger partial charge in [0.1, 0.15) is 0 Å². The fourth-order valence-corrected chi connectivity index (χ4v) is 2.69.